The zero-order valence-electron chi connectivity index (χ0n) is 21.9. The van der Waals surface area contributed by atoms with E-state index < -0.39 is 23.9 Å². The summed E-state index contributed by atoms with van der Waals surface area (Å²) in [5.41, 5.74) is 2.27. The van der Waals surface area contributed by atoms with Gasteiger partial charge in [0, 0.05) is 6.42 Å². The second-order valence-electron chi connectivity index (χ2n) is 10.3. The second-order valence-corrected chi connectivity index (χ2v) is 10.3. The summed E-state index contributed by atoms with van der Waals surface area (Å²) in [6.07, 6.45) is 1.72. The fourth-order valence-corrected chi connectivity index (χ4v) is 5.84. The molecule has 2 saturated heterocycles. The summed E-state index contributed by atoms with van der Waals surface area (Å²) < 4.78 is 11.4. The van der Waals surface area contributed by atoms with Gasteiger partial charge in [-0.05, 0) is 61.2 Å². The predicted molar refractivity (Wildman–Crippen MR) is 147 cm³/mol. The molecule has 2 unspecified atom stereocenters. The third-order valence-corrected chi connectivity index (χ3v) is 7.80. The summed E-state index contributed by atoms with van der Waals surface area (Å²) in [4.78, 5) is 56.2. The Morgan fingerprint density at radius 3 is 2.20 bits per heavy atom. The topological polar surface area (TPSA) is 96.5 Å². The Morgan fingerprint density at radius 2 is 1.50 bits per heavy atom. The third kappa shape index (κ3) is 4.52. The maximum absolute atomic E-state index is 13.9. The summed E-state index contributed by atoms with van der Waals surface area (Å²) in [7, 11) is 0. The lowest BCUT2D eigenvalue weighted by atomic mass is 9.98. The number of benzene rings is 3. The molecule has 0 aliphatic carbocycles. The minimum atomic E-state index is -1.71. The first-order chi connectivity index (χ1) is 19.5. The fourth-order valence-electron chi connectivity index (χ4n) is 5.84. The van der Waals surface area contributed by atoms with Crippen LogP contribution in [0.4, 0.5) is 11.4 Å². The van der Waals surface area contributed by atoms with E-state index in [1.165, 1.54) is 9.80 Å². The molecule has 2 amide bonds. The smallest absolute Gasteiger partial charge is 0.419 e. The van der Waals surface area contributed by atoms with E-state index in [0.717, 1.165) is 42.6 Å². The summed E-state index contributed by atoms with van der Waals surface area (Å²) in [5, 5.41) is 0. The van der Waals surface area contributed by atoms with Gasteiger partial charge in [-0.1, -0.05) is 66.7 Å². The molecule has 9 nitrogen and oxygen atoms in total. The lowest BCUT2D eigenvalue weighted by Gasteiger charge is -2.54. The molecule has 0 spiro atoms. The molecule has 204 valence electrons. The normalized spacial score (nSPS) is 22.2. The van der Waals surface area contributed by atoms with Crippen molar-refractivity contribution in [3.63, 3.8) is 0 Å². The van der Waals surface area contributed by atoms with Crippen molar-refractivity contribution in [1.29, 1.82) is 0 Å². The number of ether oxygens (including phenoxy) is 2. The van der Waals surface area contributed by atoms with Crippen LogP contribution in [-0.4, -0.2) is 60.7 Å². The van der Waals surface area contributed by atoms with Crippen LogP contribution in [0, 0.1) is 0 Å². The number of amides is 2. The van der Waals surface area contributed by atoms with E-state index in [-0.39, 0.29) is 18.9 Å². The van der Waals surface area contributed by atoms with Crippen LogP contribution in [0.1, 0.15) is 24.8 Å². The van der Waals surface area contributed by atoms with Gasteiger partial charge >= 0.3 is 11.9 Å². The molecule has 3 aliphatic rings. The Hall–Kier alpha value is -4.50. The van der Waals surface area contributed by atoms with Gasteiger partial charge in [0.1, 0.15) is 0 Å². The van der Waals surface area contributed by atoms with Crippen LogP contribution in [0.15, 0.2) is 78.9 Å². The molecular formula is C31H29N3O6. The standard InChI is InChI=1S/C31H29N3O6/c35-21-33-25-10-4-5-11-26(25)34(30-31(33,20-32-18-6-7-19-32)40-29(38)28(37)39-30)27(36)17-14-22-12-15-24(16-13-22)23-8-2-1-3-9-23/h1-5,8-13,15-16,21,30H,6-7,14,17-20H2. The van der Waals surface area contributed by atoms with Crippen LogP contribution in [-0.2, 0) is 35.1 Å². The maximum atomic E-state index is 13.9. The van der Waals surface area contributed by atoms with Gasteiger partial charge in [0.25, 0.3) is 5.72 Å². The lowest BCUT2D eigenvalue weighted by Crippen LogP contribution is -2.75. The molecule has 0 saturated carbocycles. The highest BCUT2D eigenvalue weighted by molar-refractivity contribution is 6.30. The van der Waals surface area contributed by atoms with Gasteiger partial charge in [0.2, 0.25) is 18.5 Å². The average molecular weight is 540 g/mol. The second kappa shape index (κ2) is 10.6. The van der Waals surface area contributed by atoms with Gasteiger partial charge in [-0.25, -0.2) is 9.59 Å². The van der Waals surface area contributed by atoms with Gasteiger partial charge in [-0.3, -0.25) is 24.3 Å². The minimum Gasteiger partial charge on any atom is -0.426 e. The number of fused-ring (bicyclic) bond motifs is 2. The average Bonchev–Trinajstić information content (AvgIpc) is 3.49. The number of hydrogen-bond acceptors (Lipinski definition) is 7. The summed E-state index contributed by atoms with van der Waals surface area (Å²) in [6, 6.07) is 25.0. The number of carbonyl (C=O) groups is 4. The maximum Gasteiger partial charge on any atom is 0.419 e. The number of rotatable bonds is 7. The predicted octanol–water partition coefficient (Wildman–Crippen LogP) is 3.51. The number of likely N-dealkylation sites (tertiary alicyclic amines) is 1. The van der Waals surface area contributed by atoms with Crippen molar-refractivity contribution in [2.45, 2.75) is 37.6 Å². The monoisotopic (exact) mass is 539 g/mol. The van der Waals surface area contributed by atoms with Gasteiger partial charge in [-0.15, -0.1) is 0 Å². The zero-order chi connectivity index (χ0) is 27.7. The SMILES string of the molecule is O=CN1c2ccccc2N(C(=O)CCc2ccc(-c3ccccc3)cc2)C2OC(=O)C(=O)OC21CN1CCCC1. The van der Waals surface area contributed by atoms with E-state index in [4.69, 9.17) is 9.47 Å². The lowest BCUT2D eigenvalue weighted by molar-refractivity contribution is -0.217. The van der Waals surface area contributed by atoms with E-state index in [1.54, 1.807) is 24.3 Å². The molecule has 2 atom stereocenters. The van der Waals surface area contributed by atoms with Crippen molar-refractivity contribution in [2.24, 2.45) is 0 Å². The largest absolute Gasteiger partial charge is 0.426 e. The van der Waals surface area contributed by atoms with Crippen LogP contribution in [0.3, 0.4) is 0 Å². The van der Waals surface area contributed by atoms with Crippen LogP contribution in [0.2, 0.25) is 0 Å². The van der Waals surface area contributed by atoms with E-state index >= 15 is 0 Å². The van der Waals surface area contributed by atoms with Crippen LogP contribution >= 0.6 is 0 Å². The Kier molecular flexibility index (Phi) is 6.81. The third-order valence-electron chi connectivity index (χ3n) is 7.80. The van der Waals surface area contributed by atoms with Crippen LogP contribution in [0.25, 0.3) is 11.1 Å². The first-order valence-corrected chi connectivity index (χ1v) is 13.5. The summed E-state index contributed by atoms with van der Waals surface area (Å²) in [6.45, 7) is 1.58. The van der Waals surface area contributed by atoms with Gasteiger partial charge in [-0.2, -0.15) is 0 Å². The Bertz CT molecular complexity index is 1440. The zero-order valence-corrected chi connectivity index (χ0v) is 21.9. The molecule has 40 heavy (non-hydrogen) atoms. The molecule has 3 aromatic carbocycles. The number of anilines is 2. The van der Waals surface area contributed by atoms with Crippen molar-refractivity contribution >= 4 is 35.6 Å². The van der Waals surface area contributed by atoms with Gasteiger partial charge < -0.3 is 9.47 Å². The number of hydrogen-bond donors (Lipinski definition) is 0. The highest BCUT2D eigenvalue weighted by Crippen LogP contribution is 2.46. The summed E-state index contributed by atoms with van der Waals surface area (Å²) >= 11 is 0. The molecule has 9 heteroatoms. The van der Waals surface area contributed by atoms with Crippen LogP contribution in [0.5, 0.6) is 0 Å². The Labute approximate surface area is 231 Å². The highest BCUT2D eigenvalue weighted by atomic mass is 16.7. The number of para-hydroxylation sites is 2. The number of carbonyl (C=O) groups excluding carboxylic acids is 4. The molecule has 3 aromatic rings. The van der Waals surface area contributed by atoms with E-state index in [0.29, 0.717) is 24.2 Å². The van der Waals surface area contributed by atoms with E-state index in [9.17, 15) is 19.2 Å². The quantitative estimate of drug-likeness (QED) is 0.258. The van der Waals surface area contributed by atoms with Crippen molar-refractivity contribution < 1.29 is 28.7 Å². The molecule has 6 rings (SSSR count). The first kappa shape index (κ1) is 25.8. The number of esters is 2. The molecule has 0 aromatic heterocycles. The fraction of sp³-hybridized carbons (Fsp3) is 0.290. The molecule has 3 heterocycles. The van der Waals surface area contributed by atoms with E-state index in [2.05, 4.69) is 4.90 Å². The Balaban J connectivity index is 1.32. The van der Waals surface area contributed by atoms with Crippen molar-refractivity contribution in [1.82, 2.24) is 4.90 Å². The Morgan fingerprint density at radius 1 is 0.850 bits per heavy atom. The molecule has 0 radical (unpaired) electrons. The first-order valence-electron chi connectivity index (χ1n) is 13.5. The summed E-state index contributed by atoms with van der Waals surface area (Å²) in [5.74, 6) is -2.69. The van der Waals surface area contributed by atoms with E-state index in [1.807, 2.05) is 54.6 Å². The molecule has 2 fully saturated rings. The minimum absolute atomic E-state index is 0.106. The highest BCUT2D eigenvalue weighted by Gasteiger charge is 2.63. The van der Waals surface area contributed by atoms with Crippen LogP contribution < -0.4 is 9.80 Å². The number of aryl methyl sites for hydroxylation is 1. The molecular weight excluding hydrogens is 510 g/mol. The number of nitrogens with zero attached hydrogens (tertiary/aromatic N) is 3. The molecule has 0 bridgehead atoms. The van der Waals surface area contributed by atoms with Crippen molar-refractivity contribution in [2.75, 3.05) is 29.4 Å². The molecule has 3 aliphatic heterocycles. The van der Waals surface area contributed by atoms with Crippen molar-refractivity contribution in [3.05, 3.63) is 84.4 Å². The molecule has 0 N–H and O–H groups in total. The van der Waals surface area contributed by atoms with Crippen molar-refractivity contribution in [3.8, 4) is 11.1 Å². The van der Waals surface area contributed by atoms with Gasteiger partial charge in [0.15, 0.2) is 0 Å². The van der Waals surface area contributed by atoms with Gasteiger partial charge in [0.05, 0.1) is 17.9 Å².